The molecule has 0 aromatic heterocycles. The van der Waals surface area contributed by atoms with Gasteiger partial charge in [0.1, 0.15) is 0 Å². The molecule has 0 spiro atoms. The Morgan fingerprint density at radius 1 is 2.00 bits per heavy atom. The van der Waals surface area contributed by atoms with Crippen LogP contribution in [-0.2, 0) is 4.74 Å². The molecule has 3 N–H and O–H groups in total. The third-order valence-corrected chi connectivity index (χ3v) is 1.27. The molecule has 48 valence electrons. The van der Waals surface area contributed by atoms with Gasteiger partial charge in [0.25, 0.3) is 0 Å². The normalized spacial score (nSPS) is 49.2. The van der Waals surface area contributed by atoms with Crippen LogP contribution in [0.3, 0.4) is 0 Å². The van der Waals surface area contributed by atoms with Crippen LogP contribution in [0, 0.1) is 0 Å². The Morgan fingerprint density at radius 3 is 3.00 bits per heavy atom. The topological polar surface area (TPSA) is 55.5 Å². The molecule has 0 amide bonds. The second-order valence-electron chi connectivity index (χ2n) is 1.88. The van der Waals surface area contributed by atoms with Crippen LogP contribution in [0.25, 0.3) is 0 Å². The minimum atomic E-state index is -0.575. The van der Waals surface area contributed by atoms with Crippen LogP contribution in [0.1, 0.15) is 7.79 Å². The summed E-state index contributed by atoms with van der Waals surface area (Å²) >= 11 is 0. The fourth-order valence-corrected chi connectivity index (χ4v) is 0.733. The second-order valence-corrected chi connectivity index (χ2v) is 1.88. The summed E-state index contributed by atoms with van der Waals surface area (Å²) in [5, 5.41) is 9.03. The molecule has 0 radical (unpaired) electrons. The van der Waals surface area contributed by atoms with Crippen molar-refractivity contribution >= 4 is 0 Å². The van der Waals surface area contributed by atoms with E-state index in [1.165, 1.54) is 0 Å². The monoisotopic (exact) mass is 119 g/mol. The number of aliphatic hydroxyl groups excluding tert-OH is 1. The first-order chi connectivity index (χ1) is 4.24. The van der Waals surface area contributed by atoms with E-state index in [4.69, 9.17) is 16.9 Å². The van der Waals surface area contributed by atoms with Crippen LogP contribution in [0.5, 0.6) is 0 Å². The number of hydrogen-bond donors (Lipinski definition) is 2. The van der Waals surface area contributed by atoms with Gasteiger partial charge in [-0.15, -0.1) is 0 Å². The quantitative estimate of drug-likeness (QED) is 0.470. The molecule has 1 aliphatic rings. The predicted octanol–water partition coefficient (Wildman–Crippen LogP) is -0.905. The van der Waals surface area contributed by atoms with E-state index in [-0.39, 0.29) is 6.10 Å². The molecular formula is C5H11NO2. The van der Waals surface area contributed by atoms with Crippen molar-refractivity contribution in [1.82, 2.24) is 0 Å². The van der Waals surface area contributed by atoms with Crippen molar-refractivity contribution < 1.29 is 11.2 Å². The van der Waals surface area contributed by atoms with Gasteiger partial charge < -0.3 is 15.6 Å². The maximum Gasteiger partial charge on any atom is 0.0956 e. The lowest BCUT2D eigenvalue weighted by atomic mass is 10.2. The Labute approximate surface area is 49.8 Å². The van der Waals surface area contributed by atoms with Gasteiger partial charge >= 0.3 is 0 Å². The first-order valence-corrected chi connectivity index (χ1v) is 2.70. The summed E-state index contributed by atoms with van der Waals surface area (Å²) in [4.78, 5) is 0. The largest absolute Gasteiger partial charge is 0.390 e. The van der Waals surface area contributed by atoms with Gasteiger partial charge in [0, 0.05) is 13.1 Å². The van der Waals surface area contributed by atoms with Crippen molar-refractivity contribution in [1.29, 1.82) is 0 Å². The summed E-state index contributed by atoms with van der Waals surface area (Å²) in [6.07, 6.45) is -0.452. The van der Waals surface area contributed by atoms with Crippen LogP contribution in [0.15, 0.2) is 0 Å². The Hall–Kier alpha value is -0.120. The highest BCUT2D eigenvalue weighted by molar-refractivity contribution is 4.74. The molecule has 3 atom stereocenters. The van der Waals surface area contributed by atoms with E-state index in [0.717, 1.165) is 0 Å². The minimum Gasteiger partial charge on any atom is -0.390 e. The van der Waals surface area contributed by atoms with Gasteiger partial charge in [-0.3, -0.25) is 0 Å². The number of ether oxygens (including phenoxy) is 1. The number of hydrogen-bond acceptors (Lipinski definition) is 3. The van der Waals surface area contributed by atoms with Gasteiger partial charge in [-0.2, -0.15) is 0 Å². The molecule has 0 aromatic carbocycles. The van der Waals surface area contributed by atoms with Crippen LogP contribution < -0.4 is 5.73 Å². The fourth-order valence-electron chi connectivity index (χ4n) is 0.733. The van der Waals surface area contributed by atoms with Gasteiger partial charge in [-0.05, 0) is 6.42 Å². The lowest BCUT2D eigenvalue weighted by molar-refractivity contribution is 0.0487. The molecule has 1 rings (SSSR count). The lowest BCUT2D eigenvalue weighted by Gasteiger charge is -2.08. The number of rotatable bonds is 1. The lowest BCUT2D eigenvalue weighted by Crippen LogP contribution is -2.29. The highest BCUT2D eigenvalue weighted by atomic mass is 16.5. The van der Waals surface area contributed by atoms with Gasteiger partial charge in [0.15, 0.2) is 0 Å². The first-order valence-electron chi connectivity index (χ1n) is 3.27. The summed E-state index contributed by atoms with van der Waals surface area (Å²) in [5.74, 6) is 0. The first kappa shape index (κ1) is 4.73. The summed E-state index contributed by atoms with van der Waals surface area (Å²) in [5.41, 5.74) is 5.22. The summed E-state index contributed by atoms with van der Waals surface area (Å²) in [7, 11) is 0. The molecule has 1 heterocycles. The van der Waals surface area contributed by atoms with Gasteiger partial charge in [0.05, 0.1) is 13.6 Å². The summed E-state index contributed by atoms with van der Waals surface area (Å²) in [6, 6.07) is 0. The smallest absolute Gasteiger partial charge is 0.0956 e. The van der Waals surface area contributed by atoms with Crippen molar-refractivity contribution in [3.05, 3.63) is 0 Å². The van der Waals surface area contributed by atoms with Gasteiger partial charge in [-0.1, -0.05) is 0 Å². The zero-order valence-electron chi connectivity index (χ0n) is 5.58. The average Bonchev–Trinajstić information content (AvgIpc) is 2.10. The van der Waals surface area contributed by atoms with Crippen LogP contribution in [0.2, 0.25) is 0 Å². The molecule has 3 nitrogen and oxygen atoms in total. The van der Waals surface area contributed by atoms with Crippen molar-refractivity contribution in [3.8, 4) is 0 Å². The maximum absolute atomic E-state index is 9.03. The Morgan fingerprint density at radius 2 is 2.75 bits per heavy atom. The molecule has 0 saturated carbocycles. The predicted molar refractivity (Wildman–Crippen MR) is 29.4 cm³/mol. The Kier molecular flexibility index (Phi) is 1.44. The Balaban J connectivity index is 2.38. The van der Waals surface area contributed by atoms with Crippen molar-refractivity contribution in [3.63, 3.8) is 0 Å². The fraction of sp³-hybridized carbons (Fsp3) is 1.00. The zero-order chi connectivity index (χ0) is 6.85. The highest BCUT2D eigenvalue weighted by Gasteiger charge is 2.23. The van der Waals surface area contributed by atoms with Crippen molar-refractivity contribution in [2.75, 3.05) is 13.1 Å². The molecule has 3 heteroatoms. The van der Waals surface area contributed by atoms with Gasteiger partial charge in [-0.25, -0.2) is 0 Å². The number of nitrogens with two attached hydrogens (primary N) is 1. The molecule has 0 unspecified atom stereocenters. The van der Waals surface area contributed by atoms with E-state index in [0.29, 0.717) is 13.0 Å². The van der Waals surface area contributed by atoms with Crippen LogP contribution >= 0.6 is 0 Å². The highest BCUT2D eigenvalue weighted by Crippen LogP contribution is 2.10. The molecular weight excluding hydrogens is 106 g/mol. The molecule has 1 saturated heterocycles. The van der Waals surface area contributed by atoms with Gasteiger partial charge in [0.2, 0.25) is 0 Å². The third kappa shape index (κ3) is 0.992. The maximum atomic E-state index is 9.03. The van der Waals surface area contributed by atoms with E-state index >= 15 is 0 Å². The summed E-state index contributed by atoms with van der Waals surface area (Å²) < 4.78 is 12.0. The molecule has 1 aliphatic heterocycles. The van der Waals surface area contributed by atoms with Crippen molar-refractivity contribution in [2.24, 2.45) is 5.73 Å². The van der Waals surface area contributed by atoms with E-state index < -0.39 is 12.7 Å². The van der Waals surface area contributed by atoms with Crippen LogP contribution in [0.4, 0.5) is 0 Å². The molecule has 0 bridgehead atoms. The standard InChI is InChI=1S/C5H11NO2/c6-3-5-4(7)1-2-8-5/h4-5,7H,1-3,6H2/t4-,5-/m1/s1/i2T/t2-,4+,5+/m0. The third-order valence-electron chi connectivity index (χ3n) is 1.27. The van der Waals surface area contributed by atoms with Crippen LogP contribution in [-0.4, -0.2) is 30.4 Å². The molecule has 8 heavy (non-hydrogen) atoms. The minimum absolute atomic E-state index is 0.302. The Bertz CT molecular complexity index is 101. The van der Waals surface area contributed by atoms with E-state index in [9.17, 15) is 0 Å². The molecule has 0 aromatic rings. The SMILES string of the molecule is [3H][C@H]1C[C@@H](O)[C@@H](CN)O1. The zero-order valence-corrected chi connectivity index (χ0v) is 4.58. The molecule has 1 fully saturated rings. The second kappa shape index (κ2) is 2.44. The molecule has 0 aliphatic carbocycles. The van der Waals surface area contributed by atoms with E-state index in [1.54, 1.807) is 0 Å². The van der Waals surface area contributed by atoms with E-state index in [2.05, 4.69) is 0 Å². The average molecular weight is 119 g/mol. The number of aliphatic hydroxyl groups is 1. The van der Waals surface area contributed by atoms with Crippen molar-refractivity contribution in [2.45, 2.75) is 18.6 Å². The van der Waals surface area contributed by atoms with E-state index in [1.807, 2.05) is 0 Å². The summed E-state index contributed by atoms with van der Waals surface area (Å²) in [6.45, 7) is -0.273.